The van der Waals surface area contributed by atoms with Crippen LogP contribution in [0.1, 0.15) is 50.2 Å². The molecule has 3 aromatic rings. The zero-order valence-corrected chi connectivity index (χ0v) is 14.0. The molecule has 6 nitrogen and oxygen atoms in total. The van der Waals surface area contributed by atoms with Crippen molar-refractivity contribution in [2.75, 3.05) is 0 Å². The second-order valence-corrected chi connectivity index (χ2v) is 6.45. The van der Waals surface area contributed by atoms with E-state index in [0.717, 1.165) is 30.7 Å². The molecule has 0 fully saturated rings. The number of aromatic nitrogens is 6. The van der Waals surface area contributed by atoms with Gasteiger partial charge >= 0.3 is 0 Å². The largest absolute Gasteiger partial charge is 0.283 e. The van der Waals surface area contributed by atoms with Gasteiger partial charge in [-0.2, -0.15) is 15.3 Å². The molecule has 0 aliphatic heterocycles. The molecule has 0 radical (unpaired) electrons. The molecule has 0 spiro atoms. The van der Waals surface area contributed by atoms with Crippen molar-refractivity contribution in [3.8, 4) is 0 Å². The lowest BCUT2D eigenvalue weighted by Crippen LogP contribution is -2.31. The van der Waals surface area contributed by atoms with E-state index in [1.54, 1.807) is 0 Å². The minimum atomic E-state index is -0.0355. The average molecular weight is 312 g/mol. The third-order valence-corrected chi connectivity index (χ3v) is 4.59. The van der Waals surface area contributed by atoms with E-state index in [0.29, 0.717) is 6.04 Å². The number of hydrogen-bond donors (Lipinski definition) is 2. The summed E-state index contributed by atoms with van der Waals surface area (Å²) < 4.78 is 2.03. The average Bonchev–Trinajstić information content (AvgIpc) is 3.28. The summed E-state index contributed by atoms with van der Waals surface area (Å²) in [6, 6.07) is 4.45. The number of nitrogens with zero attached hydrogens (tertiary/aromatic N) is 4. The van der Waals surface area contributed by atoms with Crippen LogP contribution >= 0.6 is 0 Å². The SMILES string of the molecule is CCC(Cc1ccn[nH]1)(Cc1ccn[nH]1)c1cnn(C(C)C)c1. The molecule has 3 heterocycles. The van der Waals surface area contributed by atoms with Crippen LogP contribution in [-0.2, 0) is 18.3 Å². The van der Waals surface area contributed by atoms with Crippen LogP contribution in [0.2, 0.25) is 0 Å². The molecule has 0 saturated carbocycles. The van der Waals surface area contributed by atoms with E-state index in [1.807, 2.05) is 35.4 Å². The zero-order valence-electron chi connectivity index (χ0n) is 14.0. The van der Waals surface area contributed by atoms with Crippen molar-refractivity contribution in [1.29, 1.82) is 0 Å². The molecule has 122 valence electrons. The maximum atomic E-state index is 4.55. The summed E-state index contributed by atoms with van der Waals surface area (Å²) in [5.41, 5.74) is 3.51. The monoisotopic (exact) mass is 312 g/mol. The number of nitrogens with one attached hydrogen (secondary N) is 2. The van der Waals surface area contributed by atoms with Crippen molar-refractivity contribution in [2.24, 2.45) is 0 Å². The predicted molar refractivity (Wildman–Crippen MR) is 89.2 cm³/mol. The van der Waals surface area contributed by atoms with Crippen LogP contribution in [0.4, 0.5) is 0 Å². The summed E-state index contributed by atoms with van der Waals surface area (Å²) in [6.45, 7) is 6.53. The molecule has 6 heteroatoms. The molecule has 3 aromatic heterocycles. The van der Waals surface area contributed by atoms with Gasteiger partial charge in [-0.3, -0.25) is 14.9 Å². The van der Waals surface area contributed by atoms with Crippen LogP contribution in [0.25, 0.3) is 0 Å². The Bertz CT molecular complexity index is 672. The number of H-pyrrole nitrogens is 2. The van der Waals surface area contributed by atoms with Gasteiger partial charge < -0.3 is 0 Å². The van der Waals surface area contributed by atoms with Crippen molar-refractivity contribution >= 4 is 0 Å². The van der Waals surface area contributed by atoms with Gasteiger partial charge in [0, 0.05) is 41.4 Å². The maximum Gasteiger partial charge on any atom is 0.0527 e. The van der Waals surface area contributed by atoms with Gasteiger partial charge in [-0.15, -0.1) is 0 Å². The highest BCUT2D eigenvalue weighted by molar-refractivity contribution is 5.26. The molecule has 0 aliphatic carbocycles. The normalized spacial score (nSPS) is 12.2. The Kier molecular flexibility index (Phi) is 4.32. The first kappa shape index (κ1) is 15.5. The van der Waals surface area contributed by atoms with Gasteiger partial charge in [-0.25, -0.2) is 0 Å². The van der Waals surface area contributed by atoms with E-state index in [1.165, 1.54) is 5.56 Å². The Labute approximate surface area is 136 Å². The van der Waals surface area contributed by atoms with E-state index < -0.39 is 0 Å². The fourth-order valence-electron chi connectivity index (χ4n) is 3.11. The van der Waals surface area contributed by atoms with E-state index in [2.05, 4.69) is 52.5 Å². The minimum Gasteiger partial charge on any atom is -0.283 e. The molecular formula is C17H24N6. The van der Waals surface area contributed by atoms with Crippen LogP contribution < -0.4 is 0 Å². The van der Waals surface area contributed by atoms with Crippen molar-refractivity contribution in [3.63, 3.8) is 0 Å². The van der Waals surface area contributed by atoms with E-state index in [4.69, 9.17) is 0 Å². The topological polar surface area (TPSA) is 75.2 Å². The van der Waals surface area contributed by atoms with Crippen LogP contribution in [0, 0.1) is 0 Å². The minimum absolute atomic E-state index is 0.0355. The molecule has 0 amide bonds. The van der Waals surface area contributed by atoms with E-state index in [9.17, 15) is 0 Å². The molecule has 0 aromatic carbocycles. The van der Waals surface area contributed by atoms with Crippen molar-refractivity contribution in [1.82, 2.24) is 30.2 Å². The standard InChI is InChI=1S/C17H24N6/c1-4-17(9-15-5-7-18-21-15,10-16-6-8-19-22-16)14-11-20-23(12-14)13(2)3/h5-8,11-13H,4,9-10H2,1-3H3,(H,18,21)(H,19,22). The molecule has 23 heavy (non-hydrogen) atoms. The highest BCUT2D eigenvalue weighted by atomic mass is 15.3. The lowest BCUT2D eigenvalue weighted by Gasteiger charge is -2.31. The van der Waals surface area contributed by atoms with Gasteiger partial charge in [-0.05, 0) is 50.8 Å². The van der Waals surface area contributed by atoms with Crippen molar-refractivity contribution in [2.45, 2.75) is 51.5 Å². The summed E-state index contributed by atoms with van der Waals surface area (Å²) in [6.07, 6.45) is 10.6. The molecular weight excluding hydrogens is 288 g/mol. The first-order valence-corrected chi connectivity index (χ1v) is 8.14. The van der Waals surface area contributed by atoms with Gasteiger partial charge in [-0.1, -0.05) is 6.92 Å². The molecule has 3 rings (SSSR count). The van der Waals surface area contributed by atoms with Gasteiger partial charge in [0.25, 0.3) is 0 Å². The highest BCUT2D eigenvalue weighted by Crippen LogP contribution is 2.35. The van der Waals surface area contributed by atoms with Gasteiger partial charge in [0.1, 0.15) is 0 Å². The Hall–Kier alpha value is -2.37. The molecule has 0 atom stereocenters. The first-order chi connectivity index (χ1) is 11.1. The van der Waals surface area contributed by atoms with Crippen LogP contribution in [-0.4, -0.2) is 30.2 Å². The fraction of sp³-hybridized carbons (Fsp3) is 0.471. The van der Waals surface area contributed by atoms with E-state index in [-0.39, 0.29) is 5.41 Å². The zero-order chi connectivity index (χ0) is 16.3. The second-order valence-electron chi connectivity index (χ2n) is 6.45. The molecule has 0 aliphatic rings. The Morgan fingerprint density at radius 3 is 2.09 bits per heavy atom. The van der Waals surface area contributed by atoms with Gasteiger partial charge in [0.05, 0.1) is 6.20 Å². The van der Waals surface area contributed by atoms with Crippen LogP contribution in [0.5, 0.6) is 0 Å². The second kappa shape index (κ2) is 6.40. The van der Waals surface area contributed by atoms with Crippen LogP contribution in [0.15, 0.2) is 36.9 Å². The number of aromatic amines is 2. The van der Waals surface area contributed by atoms with Crippen molar-refractivity contribution < 1.29 is 0 Å². The third kappa shape index (κ3) is 3.21. The third-order valence-electron chi connectivity index (χ3n) is 4.59. The molecule has 0 bridgehead atoms. The Morgan fingerprint density at radius 2 is 1.70 bits per heavy atom. The summed E-state index contributed by atoms with van der Waals surface area (Å²) in [4.78, 5) is 0. The summed E-state index contributed by atoms with van der Waals surface area (Å²) in [5.74, 6) is 0. The number of rotatable bonds is 7. The maximum absolute atomic E-state index is 4.55. The fourth-order valence-corrected chi connectivity index (χ4v) is 3.11. The van der Waals surface area contributed by atoms with E-state index >= 15 is 0 Å². The summed E-state index contributed by atoms with van der Waals surface area (Å²) in [5, 5.41) is 19.0. The first-order valence-electron chi connectivity index (χ1n) is 8.14. The number of hydrogen-bond acceptors (Lipinski definition) is 3. The van der Waals surface area contributed by atoms with Gasteiger partial charge in [0.2, 0.25) is 0 Å². The van der Waals surface area contributed by atoms with Crippen LogP contribution in [0.3, 0.4) is 0 Å². The predicted octanol–water partition coefficient (Wildman–Crippen LogP) is 3.04. The molecule has 0 unspecified atom stereocenters. The summed E-state index contributed by atoms with van der Waals surface area (Å²) in [7, 11) is 0. The smallest absolute Gasteiger partial charge is 0.0527 e. The molecule has 0 saturated heterocycles. The highest BCUT2D eigenvalue weighted by Gasteiger charge is 2.33. The quantitative estimate of drug-likeness (QED) is 0.704. The lowest BCUT2D eigenvalue weighted by atomic mass is 9.72. The van der Waals surface area contributed by atoms with Crippen molar-refractivity contribution in [3.05, 3.63) is 53.9 Å². The van der Waals surface area contributed by atoms with Gasteiger partial charge in [0.15, 0.2) is 0 Å². The summed E-state index contributed by atoms with van der Waals surface area (Å²) >= 11 is 0. The lowest BCUT2D eigenvalue weighted by molar-refractivity contribution is 0.394. The Balaban J connectivity index is 1.99. The molecule has 2 N–H and O–H groups in total. The Morgan fingerprint density at radius 1 is 1.09 bits per heavy atom.